The lowest BCUT2D eigenvalue weighted by Gasteiger charge is -2.34. The highest BCUT2D eigenvalue weighted by molar-refractivity contribution is 7.25. The first-order chi connectivity index (χ1) is 34.2. The van der Waals surface area contributed by atoms with Gasteiger partial charge in [-0.3, -0.25) is 0 Å². The zero-order valence-corrected chi connectivity index (χ0v) is 39.3. The van der Waals surface area contributed by atoms with Crippen LogP contribution in [-0.4, -0.2) is 27.6 Å². The average Bonchev–Trinajstić information content (AvgIpc) is 3.98. The molecule has 0 atom stereocenters. The number of nitrogens with zero attached hydrogens (tertiary/aromatic N) is 4. The Balaban J connectivity index is 0.951. The van der Waals surface area contributed by atoms with E-state index in [1.54, 1.807) is 0 Å². The predicted molar refractivity (Wildman–Crippen MR) is 292 cm³/mol. The summed E-state index contributed by atoms with van der Waals surface area (Å²) >= 11 is 1.84. The minimum Gasteiger partial charge on any atom is -0.309 e. The largest absolute Gasteiger partial charge is 0.309 e. The standard InChI is InChI=1S/C63H42N4SSi/c1-4-19-49(20-5-1)69(50-21-6-2-7-22-50,51-23-8-3-9-24-51)52-38-35-45(36-39-52)62-64-61(44-33-31-43(32-34-44)46-37-40-56-55-27-12-15-30-59(55)68-60(56)42-46)65-63(66-62)47-17-16-18-48(41-47)67-57-28-13-10-25-53(57)54-26-11-14-29-58(54)67/h1-42H. The molecule has 0 amide bonds. The first-order valence-corrected chi connectivity index (χ1v) is 26.2. The summed E-state index contributed by atoms with van der Waals surface area (Å²) in [6, 6.07) is 92.0. The minimum absolute atomic E-state index is 0.613. The quantitative estimate of drug-likeness (QED) is 0.107. The Morgan fingerprint density at radius 2 is 0.725 bits per heavy atom. The fourth-order valence-corrected chi connectivity index (χ4v) is 16.3. The van der Waals surface area contributed by atoms with E-state index in [1.165, 1.54) is 57.3 Å². The Kier molecular flexibility index (Phi) is 10.00. The summed E-state index contributed by atoms with van der Waals surface area (Å²) in [5.74, 6) is 1.85. The third-order valence-electron chi connectivity index (χ3n) is 13.6. The Hall–Kier alpha value is -8.55. The van der Waals surface area contributed by atoms with Crippen LogP contribution in [-0.2, 0) is 0 Å². The molecule has 324 valence electrons. The van der Waals surface area contributed by atoms with Crippen molar-refractivity contribution >= 4 is 82.1 Å². The van der Waals surface area contributed by atoms with Crippen LogP contribution in [0, 0.1) is 0 Å². The van der Waals surface area contributed by atoms with E-state index >= 15 is 0 Å². The van der Waals surface area contributed by atoms with Gasteiger partial charge in [-0.25, -0.2) is 15.0 Å². The second-order valence-corrected chi connectivity index (χ2v) is 22.4. The number of thiophene rings is 1. The van der Waals surface area contributed by atoms with Crippen LogP contribution in [0.25, 0.3) is 93.0 Å². The molecule has 4 nitrogen and oxygen atoms in total. The van der Waals surface area contributed by atoms with Gasteiger partial charge in [-0.05, 0) is 68.3 Å². The lowest BCUT2D eigenvalue weighted by molar-refractivity contribution is 1.07. The summed E-state index contributed by atoms with van der Waals surface area (Å²) in [4.78, 5) is 15.8. The Morgan fingerprint density at radius 1 is 0.290 bits per heavy atom. The first-order valence-electron chi connectivity index (χ1n) is 23.3. The fourth-order valence-electron chi connectivity index (χ4n) is 10.4. The number of aromatic nitrogens is 4. The Morgan fingerprint density at radius 3 is 1.30 bits per heavy atom. The van der Waals surface area contributed by atoms with Gasteiger partial charge < -0.3 is 4.57 Å². The van der Waals surface area contributed by atoms with E-state index in [4.69, 9.17) is 15.0 Å². The molecule has 0 bridgehead atoms. The monoisotopic (exact) mass is 914 g/mol. The van der Waals surface area contributed by atoms with Crippen molar-refractivity contribution in [3.8, 4) is 51.0 Å². The fraction of sp³-hybridized carbons (Fsp3) is 0. The molecule has 0 fully saturated rings. The van der Waals surface area contributed by atoms with E-state index in [0.29, 0.717) is 17.5 Å². The average molecular weight is 915 g/mol. The predicted octanol–water partition coefficient (Wildman–Crippen LogP) is 13.4. The van der Waals surface area contributed by atoms with Gasteiger partial charge in [-0.1, -0.05) is 218 Å². The van der Waals surface area contributed by atoms with Crippen molar-refractivity contribution in [2.75, 3.05) is 0 Å². The van der Waals surface area contributed by atoms with Gasteiger partial charge in [0.15, 0.2) is 25.5 Å². The molecule has 13 rings (SSSR count). The molecule has 0 unspecified atom stereocenters. The number of rotatable bonds is 9. The summed E-state index contributed by atoms with van der Waals surface area (Å²) in [6.07, 6.45) is 0. The number of para-hydroxylation sites is 2. The highest BCUT2D eigenvalue weighted by atomic mass is 32.1. The molecule has 3 heterocycles. The molecule has 0 aliphatic heterocycles. The van der Waals surface area contributed by atoms with Crippen LogP contribution in [0.1, 0.15) is 0 Å². The van der Waals surface area contributed by atoms with Gasteiger partial charge in [-0.2, -0.15) is 0 Å². The van der Waals surface area contributed by atoms with Gasteiger partial charge in [0.1, 0.15) is 0 Å². The van der Waals surface area contributed by atoms with Crippen molar-refractivity contribution in [2.24, 2.45) is 0 Å². The molecule has 6 heteroatoms. The maximum atomic E-state index is 5.31. The minimum atomic E-state index is -2.74. The SMILES string of the molecule is c1ccc([Si](c2ccccc2)(c2ccccc2)c2ccc(-c3nc(-c4ccc(-c5ccc6c(c5)sc5ccccc56)cc4)nc(-c4cccc(-n5c6ccccc6c6ccccc65)c4)n3)cc2)cc1. The third kappa shape index (κ3) is 7.00. The van der Waals surface area contributed by atoms with Crippen molar-refractivity contribution in [2.45, 2.75) is 0 Å². The van der Waals surface area contributed by atoms with Crippen molar-refractivity contribution in [1.29, 1.82) is 0 Å². The van der Waals surface area contributed by atoms with Gasteiger partial charge in [0.05, 0.1) is 11.0 Å². The van der Waals surface area contributed by atoms with E-state index in [1.807, 2.05) is 11.3 Å². The molecular weight excluding hydrogens is 873 g/mol. The summed E-state index contributed by atoms with van der Waals surface area (Å²) < 4.78 is 4.93. The van der Waals surface area contributed by atoms with E-state index in [-0.39, 0.29) is 0 Å². The molecule has 0 radical (unpaired) electrons. The zero-order valence-electron chi connectivity index (χ0n) is 37.4. The topological polar surface area (TPSA) is 43.6 Å². The van der Waals surface area contributed by atoms with Gasteiger partial charge in [0.2, 0.25) is 0 Å². The summed E-state index contributed by atoms with van der Waals surface area (Å²) in [6.45, 7) is 0. The molecular formula is C63H42N4SSi. The maximum Gasteiger partial charge on any atom is 0.179 e. The van der Waals surface area contributed by atoms with Gasteiger partial charge in [0, 0.05) is 53.3 Å². The Labute approximate surface area is 405 Å². The molecule has 0 spiro atoms. The van der Waals surface area contributed by atoms with E-state index in [0.717, 1.165) is 39.0 Å². The second kappa shape index (κ2) is 17.0. The van der Waals surface area contributed by atoms with Gasteiger partial charge in [-0.15, -0.1) is 11.3 Å². The van der Waals surface area contributed by atoms with Crippen molar-refractivity contribution in [1.82, 2.24) is 19.5 Å². The molecule has 0 N–H and O–H groups in total. The van der Waals surface area contributed by atoms with Crippen molar-refractivity contribution < 1.29 is 0 Å². The summed E-state index contributed by atoms with van der Waals surface area (Å²) in [5, 5.41) is 10.3. The van der Waals surface area contributed by atoms with Crippen molar-refractivity contribution in [3.63, 3.8) is 0 Å². The van der Waals surface area contributed by atoms with E-state index < -0.39 is 8.07 Å². The molecule has 10 aromatic carbocycles. The second-order valence-electron chi connectivity index (χ2n) is 17.5. The van der Waals surface area contributed by atoms with Crippen LogP contribution in [0.4, 0.5) is 0 Å². The van der Waals surface area contributed by atoms with Gasteiger partial charge in [0.25, 0.3) is 0 Å². The van der Waals surface area contributed by atoms with Crippen molar-refractivity contribution in [3.05, 3.63) is 255 Å². The number of benzene rings is 10. The Bertz CT molecular complexity index is 3850. The van der Waals surface area contributed by atoms with Crippen LogP contribution in [0.15, 0.2) is 255 Å². The lowest BCUT2D eigenvalue weighted by Crippen LogP contribution is -2.74. The molecule has 0 aliphatic rings. The first kappa shape index (κ1) is 40.7. The number of hydrogen-bond donors (Lipinski definition) is 0. The van der Waals surface area contributed by atoms with Crippen LogP contribution < -0.4 is 20.7 Å². The van der Waals surface area contributed by atoms with Gasteiger partial charge >= 0.3 is 0 Å². The molecule has 3 aromatic heterocycles. The molecule has 0 saturated heterocycles. The molecule has 0 saturated carbocycles. The highest BCUT2D eigenvalue weighted by Gasteiger charge is 2.41. The molecule has 69 heavy (non-hydrogen) atoms. The zero-order chi connectivity index (χ0) is 45.7. The normalized spacial score (nSPS) is 11.8. The number of fused-ring (bicyclic) bond motifs is 6. The van der Waals surface area contributed by atoms with Crippen LogP contribution in [0.3, 0.4) is 0 Å². The van der Waals surface area contributed by atoms with Crippen LogP contribution in [0.5, 0.6) is 0 Å². The molecule has 13 aromatic rings. The number of hydrogen-bond acceptors (Lipinski definition) is 4. The van der Waals surface area contributed by atoms with Crippen LogP contribution in [0.2, 0.25) is 0 Å². The van der Waals surface area contributed by atoms with E-state index in [9.17, 15) is 0 Å². The maximum absolute atomic E-state index is 5.31. The summed E-state index contributed by atoms with van der Waals surface area (Å²) in [7, 11) is -2.74. The highest BCUT2D eigenvalue weighted by Crippen LogP contribution is 2.37. The smallest absolute Gasteiger partial charge is 0.179 e. The van der Waals surface area contributed by atoms with Crippen LogP contribution >= 0.6 is 11.3 Å². The van der Waals surface area contributed by atoms with E-state index in [2.05, 4.69) is 259 Å². The lowest BCUT2D eigenvalue weighted by atomic mass is 10.0. The third-order valence-corrected chi connectivity index (χ3v) is 19.6. The molecule has 0 aliphatic carbocycles. The summed E-state index contributed by atoms with van der Waals surface area (Å²) in [5.41, 5.74) is 8.43.